The van der Waals surface area contributed by atoms with Crippen molar-refractivity contribution in [3.05, 3.63) is 47.8 Å². The van der Waals surface area contributed by atoms with Crippen LogP contribution in [0.4, 0.5) is 0 Å². The van der Waals surface area contributed by atoms with Crippen molar-refractivity contribution >= 4 is 0 Å². The minimum absolute atomic E-state index is 0.211. The number of H-pyrrole nitrogens is 1. The first-order valence-corrected chi connectivity index (χ1v) is 5.10. The lowest BCUT2D eigenvalue weighted by Gasteiger charge is -2.23. The largest absolute Gasteiger partial charge is 0.348 e. The highest BCUT2D eigenvalue weighted by molar-refractivity contribution is 5.30. The van der Waals surface area contributed by atoms with Gasteiger partial charge in [-0.2, -0.15) is 0 Å². The summed E-state index contributed by atoms with van der Waals surface area (Å²) in [6.45, 7) is 0.988. The van der Waals surface area contributed by atoms with E-state index in [1.165, 1.54) is 11.3 Å². The summed E-state index contributed by atoms with van der Waals surface area (Å²) in [6, 6.07) is 4.27. The maximum Gasteiger partial charge on any atom is 0.0926 e. The van der Waals surface area contributed by atoms with Crippen LogP contribution in [0.5, 0.6) is 0 Å². The van der Waals surface area contributed by atoms with E-state index < -0.39 is 0 Å². The van der Waals surface area contributed by atoms with Crippen molar-refractivity contribution < 1.29 is 0 Å². The maximum absolute atomic E-state index is 4.38. The van der Waals surface area contributed by atoms with Crippen LogP contribution in [0.25, 0.3) is 0 Å². The Morgan fingerprint density at radius 2 is 2.13 bits per heavy atom. The second-order valence-electron chi connectivity index (χ2n) is 3.68. The Labute approximate surface area is 87.8 Å². The topological polar surface area (TPSA) is 53.6 Å². The summed E-state index contributed by atoms with van der Waals surface area (Å²) in [6.07, 6.45) is 6.43. The van der Waals surface area contributed by atoms with Gasteiger partial charge in [0.15, 0.2) is 0 Å². The Morgan fingerprint density at radius 3 is 3.00 bits per heavy atom. The first kappa shape index (κ1) is 8.61. The molecule has 1 aliphatic heterocycles. The normalized spacial score (nSPS) is 19.9. The summed E-state index contributed by atoms with van der Waals surface area (Å²) in [5, 5.41) is 3.47. The van der Waals surface area contributed by atoms with Gasteiger partial charge in [-0.1, -0.05) is 0 Å². The molecule has 4 nitrogen and oxygen atoms in total. The first-order valence-electron chi connectivity index (χ1n) is 5.10. The van der Waals surface area contributed by atoms with Crippen LogP contribution in [-0.4, -0.2) is 21.5 Å². The molecule has 0 radical (unpaired) electrons. The SMILES string of the molecule is c1cc([C@H]2NCCc3[nH]cnc32)ccn1. The van der Waals surface area contributed by atoms with E-state index in [0.717, 1.165) is 18.7 Å². The van der Waals surface area contributed by atoms with E-state index in [1.54, 1.807) is 6.33 Å². The number of aromatic nitrogens is 3. The van der Waals surface area contributed by atoms with E-state index in [9.17, 15) is 0 Å². The average molecular weight is 200 g/mol. The van der Waals surface area contributed by atoms with Gasteiger partial charge in [-0.3, -0.25) is 4.98 Å². The Morgan fingerprint density at radius 1 is 1.27 bits per heavy atom. The van der Waals surface area contributed by atoms with Crippen LogP contribution in [0.15, 0.2) is 30.9 Å². The zero-order valence-corrected chi connectivity index (χ0v) is 8.27. The van der Waals surface area contributed by atoms with Gasteiger partial charge in [-0.05, 0) is 17.7 Å². The molecule has 2 aromatic heterocycles. The molecule has 2 aromatic rings. The molecular formula is C11H12N4. The molecule has 76 valence electrons. The van der Waals surface area contributed by atoms with Crippen molar-refractivity contribution in [2.45, 2.75) is 12.5 Å². The number of imidazole rings is 1. The fourth-order valence-electron chi connectivity index (χ4n) is 2.05. The third-order valence-corrected chi connectivity index (χ3v) is 2.79. The smallest absolute Gasteiger partial charge is 0.0926 e. The first-order chi connectivity index (χ1) is 7.45. The van der Waals surface area contributed by atoms with E-state index in [1.807, 2.05) is 24.5 Å². The molecule has 3 rings (SSSR count). The lowest BCUT2D eigenvalue weighted by atomic mass is 9.99. The number of nitrogens with one attached hydrogen (secondary N) is 2. The maximum atomic E-state index is 4.38. The highest BCUT2D eigenvalue weighted by Gasteiger charge is 2.23. The van der Waals surface area contributed by atoms with Gasteiger partial charge in [0.1, 0.15) is 0 Å². The zero-order chi connectivity index (χ0) is 10.1. The zero-order valence-electron chi connectivity index (χ0n) is 8.27. The minimum atomic E-state index is 0.211. The minimum Gasteiger partial charge on any atom is -0.348 e. The fraction of sp³-hybridized carbons (Fsp3) is 0.273. The lowest BCUT2D eigenvalue weighted by molar-refractivity contribution is 0.553. The summed E-state index contributed by atoms with van der Waals surface area (Å²) in [4.78, 5) is 11.6. The molecule has 0 fully saturated rings. The van der Waals surface area contributed by atoms with E-state index >= 15 is 0 Å². The summed E-state index contributed by atoms with van der Waals surface area (Å²) in [5.41, 5.74) is 3.58. The molecule has 15 heavy (non-hydrogen) atoms. The van der Waals surface area contributed by atoms with E-state index in [-0.39, 0.29) is 6.04 Å². The third-order valence-electron chi connectivity index (χ3n) is 2.79. The van der Waals surface area contributed by atoms with Crippen molar-refractivity contribution in [1.29, 1.82) is 0 Å². The molecule has 2 N–H and O–H groups in total. The van der Waals surface area contributed by atoms with Crippen molar-refractivity contribution in [1.82, 2.24) is 20.3 Å². The van der Waals surface area contributed by atoms with Gasteiger partial charge in [-0.25, -0.2) is 4.98 Å². The fourth-order valence-corrected chi connectivity index (χ4v) is 2.05. The van der Waals surface area contributed by atoms with E-state index in [2.05, 4.69) is 20.3 Å². The van der Waals surface area contributed by atoms with Crippen molar-refractivity contribution in [3.8, 4) is 0 Å². The molecule has 0 spiro atoms. The van der Waals surface area contributed by atoms with E-state index in [4.69, 9.17) is 0 Å². The predicted octanol–water partition coefficient (Wildman–Crippen LogP) is 1.04. The van der Waals surface area contributed by atoms with Crippen LogP contribution in [0.1, 0.15) is 23.0 Å². The molecule has 0 aliphatic carbocycles. The Bertz CT molecular complexity index is 449. The van der Waals surface area contributed by atoms with Gasteiger partial charge >= 0.3 is 0 Å². The Balaban J connectivity index is 2.03. The molecule has 1 atom stereocenters. The van der Waals surface area contributed by atoms with Gasteiger partial charge in [0.2, 0.25) is 0 Å². The lowest BCUT2D eigenvalue weighted by Crippen LogP contribution is -2.30. The predicted molar refractivity (Wildman–Crippen MR) is 56.4 cm³/mol. The number of fused-ring (bicyclic) bond motifs is 1. The monoisotopic (exact) mass is 200 g/mol. The van der Waals surface area contributed by atoms with Crippen LogP contribution < -0.4 is 5.32 Å². The van der Waals surface area contributed by atoms with Gasteiger partial charge in [0.25, 0.3) is 0 Å². The summed E-state index contributed by atoms with van der Waals surface area (Å²) < 4.78 is 0. The van der Waals surface area contributed by atoms with Crippen LogP contribution in [-0.2, 0) is 6.42 Å². The molecular weight excluding hydrogens is 188 g/mol. The molecule has 0 aromatic carbocycles. The van der Waals surface area contributed by atoms with Crippen LogP contribution in [0.2, 0.25) is 0 Å². The highest BCUT2D eigenvalue weighted by atomic mass is 15.0. The van der Waals surface area contributed by atoms with Gasteiger partial charge in [0, 0.05) is 31.1 Å². The number of hydrogen-bond donors (Lipinski definition) is 2. The average Bonchev–Trinajstić information content (AvgIpc) is 2.78. The summed E-state index contributed by atoms with van der Waals surface area (Å²) >= 11 is 0. The summed E-state index contributed by atoms with van der Waals surface area (Å²) in [7, 11) is 0. The molecule has 1 aliphatic rings. The number of nitrogens with zero attached hydrogens (tertiary/aromatic N) is 2. The van der Waals surface area contributed by atoms with Crippen molar-refractivity contribution in [2.75, 3.05) is 6.54 Å². The molecule has 0 bridgehead atoms. The molecule has 0 amide bonds. The van der Waals surface area contributed by atoms with Crippen LogP contribution in [0.3, 0.4) is 0 Å². The molecule has 0 saturated heterocycles. The molecule has 0 unspecified atom stereocenters. The Hall–Kier alpha value is -1.68. The highest BCUT2D eigenvalue weighted by Crippen LogP contribution is 2.25. The standard InChI is InChI=1S/C11H12N4/c1-4-12-5-2-8(1)10-11-9(3-6-13-10)14-7-15-11/h1-2,4-5,7,10,13H,3,6H2,(H,14,15)/t10-/m1/s1. The van der Waals surface area contributed by atoms with Crippen molar-refractivity contribution in [3.63, 3.8) is 0 Å². The van der Waals surface area contributed by atoms with Crippen LogP contribution >= 0.6 is 0 Å². The van der Waals surface area contributed by atoms with E-state index in [0.29, 0.717) is 0 Å². The molecule has 3 heterocycles. The molecule has 4 heteroatoms. The quantitative estimate of drug-likeness (QED) is 0.723. The second kappa shape index (κ2) is 3.47. The van der Waals surface area contributed by atoms with Crippen LogP contribution in [0, 0.1) is 0 Å². The van der Waals surface area contributed by atoms with Gasteiger partial charge in [-0.15, -0.1) is 0 Å². The molecule has 0 saturated carbocycles. The number of pyridine rings is 1. The second-order valence-corrected chi connectivity index (χ2v) is 3.68. The Kier molecular flexibility index (Phi) is 1.99. The summed E-state index contributed by atoms with van der Waals surface area (Å²) in [5.74, 6) is 0. The third kappa shape index (κ3) is 1.43. The van der Waals surface area contributed by atoms with Gasteiger partial charge in [0.05, 0.1) is 18.1 Å². The van der Waals surface area contributed by atoms with Gasteiger partial charge < -0.3 is 10.3 Å². The number of rotatable bonds is 1. The number of aromatic amines is 1. The number of hydrogen-bond acceptors (Lipinski definition) is 3. The van der Waals surface area contributed by atoms with Crippen molar-refractivity contribution in [2.24, 2.45) is 0 Å².